The zero-order valence-corrected chi connectivity index (χ0v) is 3.55. The van der Waals surface area contributed by atoms with Gasteiger partial charge in [-0.2, -0.15) is 0 Å². The Labute approximate surface area is 41.3 Å². The third kappa shape index (κ3) is 12.8. The van der Waals surface area contributed by atoms with E-state index < -0.39 is 0 Å². The molecule has 0 spiro atoms. The number of hydrogen-bond acceptors (Lipinski definition) is 2. The zero-order valence-electron chi connectivity index (χ0n) is 2.61. The van der Waals surface area contributed by atoms with Gasteiger partial charge in [-0.1, -0.05) is 0 Å². The van der Waals surface area contributed by atoms with Gasteiger partial charge in [0.25, 0.3) is 0 Å². The van der Waals surface area contributed by atoms with E-state index in [1.807, 2.05) is 0 Å². The number of aliphatic hydroxyl groups excluding tert-OH is 2. The van der Waals surface area contributed by atoms with Crippen LogP contribution in [0.3, 0.4) is 0 Å². The smallest absolute Gasteiger partial charge is 0.394 e. The summed E-state index contributed by atoms with van der Waals surface area (Å²) in [6.07, 6.45) is 0. The molecule has 0 fully saturated rings. The largest absolute Gasteiger partial charge is 2.00 e. The second kappa shape index (κ2) is 8.83. The molecular formula is C2H6CuO2+2. The molecule has 1 radical (unpaired) electrons. The molecule has 0 saturated heterocycles. The van der Waals surface area contributed by atoms with Gasteiger partial charge >= 0.3 is 17.1 Å². The minimum absolute atomic E-state index is 0. The van der Waals surface area contributed by atoms with Crippen molar-refractivity contribution in [1.29, 1.82) is 0 Å². The second-order valence-corrected chi connectivity index (χ2v) is 0.447. The molecule has 0 aliphatic heterocycles. The Morgan fingerprint density at radius 2 is 1.20 bits per heavy atom. The molecule has 0 rings (SSSR count). The molecule has 0 aromatic carbocycles. The van der Waals surface area contributed by atoms with E-state index in [0.29, 0.717) is 0 Å². The van der Waals surface area contributed by atoms with Crippen LogP contribution in [-0.2, 0) is 17.1 Å². The van der Waals surface area contributed by atoms with E-state index in [4.69, 9.17) is 10.2 Å². The SMILES string of the molecule is OCCO.[Cu+2]. The first-order valence-corrected chi connectivity index (χ1v) is 1.13. The van der Waals surface area contributed by atoms with Crippen LogP contribution in [0.4, 0.5) is 0 Å². The van der Waals surface area contributed by atoms with E-state index in [-0.39, 0.29) is 30.3 Å². The van der Waals surface area contributed by atoms with Gasteiger partial charge in [0, 0.05) is 0 Å². The van der Waals surface area contributed by atoms with Crippen molar-refractivity contribution < 1.29 is 27.3 Å². The third-order valence-electron chi connectivity index (χ3n) is 0.1000. The minimum atomic E-state index is -0.125. The Bertz CT molecular complexity index is 9.61. The van der Waals surface area contributed by atoms with Gasteiger partial charge in [-0.3, -0.25) is 0 Å². The minimum Gasteiger partial charge on any atom is -0.394 e. The van der Waals surface area contributed by atoms with Gasteiger partial charge in [-0.05, 0) is 0 Å². The normalized spacial score (nSPS) is 6.00. The van der Waals surface area contributed by atoms with E-state index in [9.17, 15) is 0 Å². The topological polar surface area (TPSA) is 40.5 Å². The Hall–Kier alpha value is 0.439. The molecule has 0 amide bonds. The van der Waals surface area contributed by atoms with Crippen molar-refractivity contribution >= 4 is 0 Å². The Balaban J connectivity index is 0. The average molecular weight is 126 g/mol. The maximum Gasteiger partial charge on any atom is 2.00 e. The fourth-order valence-electron chi connectivity index (χ4n) is 0. The van der Waals surface area contributed by atoms with E-state index in [1.54, 1.807) is 0 Å². The van der Waals surface area contributed by atoms with Gasteiger partial charge in [0.15, 0.2) is 0 Å². The third-order valence-corrected chi connectivity index (χ3v) is 0.1000. The molecule has 3 heteroatoms. The van der Waals surface area contributed by atoms with Crippen LogP contribution < -0.4 is 0 Å². The van der Waals surface area contributed by atoms with Crippen molar-refractivity contribution in [1.82, 2.24) is 0 Å². The fraction of sp³-hybridized carbons (Fsp3) is 1.00. The van der Waals surface area contributed by atoms with Gasteiger partial charge in [-0.25, -0.2) is 0 Å². The summed E-state index contributed by atoms with van der Waals surface area (Å²) in [5, 5.41) is 15.2. The van der Waals surface area contributed by atoms with Gasteiger partial charge in [0.2, 0.25) is 0 Å². The van der Waals surface area contributed by atoms with Crippen molar-refractivity contribution in [2.75, 3.05) is 13.2 Å². The van der Waals surface area contributed by atoms with Crippen LogP contribution in [0.1, 0.15) is 0 Å². The van der Waals surface area contributed by atoms with Crippen molar-refractivity contribution in [2.45, 2.75) is 0 Å². The molecule has 2 nitrogen and oxygen atoms in total. The van der Waals surface area contributed by atoms with Gasteiger partial charge in [0.05, 0.1) is 13.2 Å². The van der Waals surface area contributed by atoms with E-state index in [2.05, 4.69) is 0 Å². The van der Waals surface area contributed by atoms with Crippen LogP contribution in [-0.4, -0.2) is 23.4 Å². The summed E-state index contributed by atoms with van der Waals surface area (Å²) in [4.78, 5) is 0. The molecule has 0 aromatic heterocycles. The monoisotopic (exact) mass is 125 g/mol. The summed E-state index contributed by atoms with van der Waals surface area (Å²) in [6.45, 7) is -0.250. The van der Waals surface area contributed by atoms with Crippen molar-refractivity contribution in [3.05, 3.63) is 0 Å². The predicted molar refractivity (Wildman–Crippen MR) is 14.2 cm³/mol. The molecular weight excluding hydrogens is 120 g/mol. The van der Waals surface area contributed by atoms with Crippen molar-refractivity contribution in [3.8, 4) is 0 Å². The van der Waals surface area contributed by atoms with Crippen molar-refractivity contribution in [2.24, 2.45) is 0 Å². The molecule has 0 atom stereocenters. The van der Waals surface area contributed by atoms with E-state index in [0.717, 1.165) is 0 Å². The first-order chi connectivity index (χ1) is 1.91. The van der Waals surface area contributed by atoms with Crippen LogP contribution in [0.5, 0.6) is 0 Å². The predicted octanol–water partition coefficient (Wildman–Crippen LogP) is -1.03. The van der Waals surface area contributed by atoms with Crippen LogP contribution in [0.25, 0.3) is 0 Å². The summed E-state index contributed by atoms with van der Waals surface area (Å²) in [5.74, 6) is 0. The quantitative estimate of drug-likeness (QED) is 0.440. The van der Waals surface area contributed by atoms with Crippen LogP contribution >= 0.6 is 0 Å². The summed E-state index contributed by atoms with van der Waals surface area (Å²) in [5.41, 5.74) is 0. The molecule has 0 aromatic rings. The molecule has 0 saturated carbocycles. The zero-order chi connectivity index (χ0) is 3.41. The van der Waals surface area contributed by atoms with Gasteiger partial charge < -0.3 is 10.2 Å². The Morgan fingerprint density at radius 1 is 1.00 bits per heavy atom. The Morgan fingerprint density at radius 3 is 1.20 bits per heavy atom. The van der Waals surface area contributed by atoms with Crippen molar-refractivity contribution in [3.63, 3.8) is 0 Å². The molecule has 0 aliphatic rings. The summed E-state index contributed by atoms with van der Waals surface area (Å²) >= 11 is 0. The average Bonchev–Trinajstić information content (AvgIpc) is 1.37. The van der Waals surface area contributed by atoms with E-state index >= 15 is 0 Å². The molecule has 0 heterocycles. The van der Waals surface area contributed by atoms with Crippen LogP contribution in [0, 0.1) is 0 Å². The van der Waals surface area contributed by atoms with Gasteiger partial charge in [0.1, 0.15) is 0 Å². The van der Waals surface area contributed by atoms with Gasteiger partial charge in [-0.15, -0.1) is 0 Å². The summed E-state index contributed by atoms with van der Waals surface area (Å²) in [6, 6.07) is 0. The summed E-state index contributed by atoms with van der Waals surface area (Å²) in [7, 11) is 0. The molecule has 0 unspecified atom stereocenters. The molecule has 5 heavy (non-hydrogen) atoms. The molecule has 0 aliphatic carbocycles. The van der Waals surface area contributed by atoms with Crippen LogP contribution in [0.2, 0.25) is 0 Å². The number of aliphatic hydroxyl groups is 2. The molecule has 0 bridgehead atoms. The fourth-order valence-corrected chi connectivity index (χ4v) is 0. The first kappa shape index (κ1) is 9.06. The van der Waals surface area contributed by atoms with Crippen LogP contribution in [0.15, 0.2) is 0 Å². The molecule has 2 N–H and O–H groups in total. The maximum atomic E-state index is 7.62. The first-order valence-electron chi connectivity index (χ1n) is 1.13. The number of hydrogen-bond donors (Lipinski definition) is 2. The maximum absolute atomic E-state index is 7.62. The van der Waals surface area contributed by atoms with E-state index in [1.165, 1.54) is 0 Å². The summed E-state index contributed by atoms with van der Waals surface area (Å²) < 4.78 is 0. The molecule has 35 valence electrons. The Kier molecular flexibility index (Phi) is 16.0. The standard InChI is InChI=1S/C2H6O2.Cu/c3-1-2-4;/h3-4H,1-2H2;/q;+2. The number of rotatable bonds is 1. The second-order valence-electron chi connectivity index (χ2n) is 0.447.